The summed E-state index contributed by atoms with van der Waals surface area (Å²) in [5.41, 5.74) is 1.13. The number of carbonyl (C=O) groups is 1. The summed E-state index contributed by atoms with van der Waals surface area (Å²) in [7, 11) is 3.67. The number of phenols is 2. The van der Waals surface area contributed by atoms with Gasteiger partial charge in [0.2, 0.25) is 5.78 Å². The van der Waals surface area contributed by atoms with E-state index >= 15 is 0 Å². The highest BCUT2D eigenvalue weighted by molar-refractivity contribution is 6.52. The average molecular weight is 323 g/mol. The molecule has 0 aromatic heterocycles. The van der Waals surface area contributed by atoms with Gasteiger partial charge in [-0.15, -0.1) is 0 Å². The van der Waals surface area contributed by atoms with E-state index in [0.717, 1.165) is 5.69 Å². The normalized spacial score (nSPS) is 16.2. The molecule has 122 valence electrons. The van der Waals surface area contributed by atoms with Crippen molar-refractivity contribution in [3.63, 3.8) is 0 Å². The van der Waals surface area contributed by atoms with Crippen LogP contribution in [0.15, 0.2) is 42.2 Å². The summed E-state index contributed by atoms with van der Waals surface area (Å²) < 4.78 is 0. The van der Waals surface area contributed by atoms with Gasteiger partial charge in [-0.1, -0.05) is 12.6 Å². The molecule has 5 heteroatoms. The van der Waals surface area contributed by atoms with Crippen molar-refractivity contribution < 1.29 is 20.1 Å². The topological polar surface area (TPSA) is 81.0 Å². The molecule has 3 N–H and O–H groups in total. The third kappa shape index (κ3) is 2.31. The van der Waals surface area contributed by atoms with Crippen molar-refractivity contribution in [3.8, 4) is 11.5 Å². The van der Waals surface area contributed by atoms with Crippen LogP contribution in [0.5, 0.6) is 11.5 Å². The SMILES string of the molecule is C=c1cc/c(=C2/C(=O)C(c3ccc(N(C)C)cc3O)=C2O)c(O)c1. The Labute approximate surface area is 138 Å². The molecule has 0 aliphatic heterocycles. The molecule has 2 aromatic rings. The first-order valence-electron chi connectivity index (χ1n) is 7.32. The Kier molecular flexibility index (Phi) is 3.56. The third-order valence-corrected chi connectivity index (χ3v) is 4.03. The van der Waals surface area contributed by atoms with Crippen LogP contribution < -0.4 is 15.3 Å². The fourth-order valence-corrected chi connectivity index (χ4v) is 2.70. The van der Waals surface area contributed by atoms with Crippen LogP contribution in [0.25, 0.3) is 17.7 Å². The first-order valence-corrected chi connectivity index (χ1v) is 7.32. The first kappa shape index (κ1) is 15.7. The Hall–Kier alpha value is -3.21. The predicted octanol–water partition coefficient (Wildman–Crippen LogP) is 1.28. The first-order chi connectivity index (χ1) is 11.3. The number of rotatable bonds is 2. The predicted molar refractivity (Wildman–Crippen MR) is 93.3 cm³/mol. The average Bonchev–Trinajstić information content (AvgIpc) is 2.51. The van der Waals surface area contributed by atoms with E-state index in [4.69, 9.17) is 0 Å². The molecule has 0 atom stereocenters. The summed E-state index contributed by atoms with van der Waals surface area (Å²) in [4.78, 5) is 14.3. The minimum Gasteiger partial charge on any atom is -0.507 e. The van der Waals surface area contributed by atoms with Crippen LogP contribution in [0.2, 0.25) is 0 Å². The largest absolute Gasteiger partial charge is 0.507 e. The Balaban J connectivity index is 2.17. The van der Waals surface area contributed by atoms with Crippen molar-refractivity contribution in [1.82, 2.24) is 0 Å². The number of aromatic hydroxyl groups is 2. The summed E-state index contributed by atoms with van der Waals surface area (Å²) in [6.45, 7) is 3.69. The van der Waals surface area contributed by atoms with Crippen LogP contribution in [-0.4, -0.2) is 35.2 Å². The van der Waals surface area contributed by atoms with Crippen LogP contribution in [0.4, 0.5) is 5.69 Å². The molecule has 24 heavy (non-hydrogen) atoms. The molecular weight excluding hydrogens is 306 g/mol. The molecule has 0 unspecified atom stereocenters. The zero-order chi connectivity index (χ0) is 17.6. The lowest BCUT2D eigenvalue weighted by Crippen LogP contribution is -2.27. The second-order valence-electron chi connectivity index (χ2n) is 5.88. The smallest absolute Gasteiger partial charge is 0.202 e. The number of hydrogen-bond donors (Lipinski definition) is 3. The number of aliphatic hydroxyl groups is 1. The molecule has 5 nitrogen and oxygen atoms in total. The van der Waals surface area contributed by atoms with Crippen molar-refractivity contribution in [1.29, 1.82) is 0 Å². The Morgan fingerprint density at radius 1 is 0.917 bits per heavy atom. The van der Waals surface area contributed by atoms with Crippen LogP contribution in [0, 0.1) is 0 Å². The number of hydrogen-bond acceptors (Lipinski definition) is 5. The number of benzene rings is 2. The molecule has 0 amide bonds. The van der Waals surface area contributed by atoms with Gasteiger partial charge in [0, 0.05) is 36.6 Å². The summed E-state index contributed by atoms with van der Waals surface area (Å²) in [6, 6.07) is 9.45. The van der Waals surface area contributed by atoms with E-state index in [-0.39, 0.29) is 39.2 Å². The lowest BCUT2D eigenvalue weighted by Gasteiger charge is -2.23. The molecule has 0 fully saturated rings. The van der Waals surface area contributed by atoms with Crippen molar-refractivity contribution >= 4 is 29.2 Å². The number of ketones is 1. The molecule has 3 rings (SSSR count). The quantitative estimate of drug-likeness (QED) is 0.776. The molecular formula is C19H17NO4. The van der Waals surface area contributed by atoms with Gasteiger partial charge < -0.3 is 20.2 Å². The molecule has 0 radical (unpaired) electrons. The van der Waals surface area contributed by atoms with Crippen molar-refractivity contribution in [2.24, 2.45) is 0 Å². The monoisotopic (exact) mass is 323 g/mol. The molecule has 2 aromatic carbocycles. The maximum atomic E-state index is 12.5. The van der Waals surface area contributed by atoms with E-state index in [2.05, 4.69) is 6.58 Å². The molecule has 1 aliphatic carbocycles. The minimum absolute atomic E-state index is 0.0404. The minimum atomic E-state index is -0.424. The molecule has 1 aliphatic rings. The van der Waals surface area contributed by atoms with Gasteiger partial charge in [0.05, 0.1) is 11.1 Å². The lowest BCUT2D eigenvalue weighted by molar-refractivity contribution is -0.110. The fourth-order valence-electron chi connectivity index (χ4n) is 2.70. The third-order valence-electron chi connectivity index (χ3n) is 4.03. The summed E-state index contributed by atoms with van der Waals surface area (Å²) in [6.07, 6.45) is 0. The van der Waals surface area contributed by atoms with Gasteiger partial charge in [0.1, 0.15) is 17.3 Å². The van der Waals surface area contributed by atoms with E-state index in [1.54, 1.807) is 18.2 Å². The van der Waals surface area contributed by atoms with Gasteiger partial charge in [0.15, 0.2) is 0 Å². The summed E-state index contributed by atoms with van der Waals surface area (Å²) in [5, 5.41) is 31.3. The van der Waals surface area contributed by atoms with Crippen LogP contribution in [-0.2, 0) is 4.79 Å². The van der Waals surface area contributed by atoms with E-state index in [1.165, 1.54) is 18.2 Å². The maximum absolute atomic E-state index is 12.5. The summed E-state index contributed by atoms with van der Waals surface area (Å²) >= 11 is 0. The van der Waals surface area contributed by atoms with Gasteiger partial charge in [-0.25, -0.2) is 0 Å². The second-order valence-corrected chi connectivity index (χ2v) is 5.88. The Bertz CT molecular complexity index is 1000. The van der Waals surface area contributed by atoms with Gasteiger partial charge >= 0.3 is 0 Å². The number of aliphatic hydroxyl groups excluding tert-OH is 1. The van der Waals surface area contributed by atoms with E-state index in [0.29, 0.717) is 5.22 Å². The Morgan fingerprint density at radius 3 is 2.17 bits per heavy atom. The zero-order valence-corrected chi connectivity index (χ0v) is 13.4. The van der Waals surface area contributed by atoms with Gasteiger partial charge in [-0.3, -0.25) is 4.79 Å². The molecule has 0 spiro atoms. The standard InChI is InChI=1S/C19H17NO4/c1-10-4-6-12(14(21)8-10)16-18(23)17(19(16)24)13-7-5-11(20(2)3)9-15(13)22/h4-9,21-23H,1H2,2-3H3/b16-12-. The number of nitrogens with zero attached hydrogens (tertiary/aromatic N) is 1. The van der Waals surface area contributed by atoms with Crippen molar-refractivity contribution in [2.75, 3.05) is 19.0 Å². The van der Waals surface area contributed by atoms with Gasteiger partial charge in [-0.2, -0.15) is 0 Å². The van der Waals surface area contributed by atoms with Crippen LogP contribution >= 0.6 is 0 Å². The van der Waals surface area contributed by atoms with E-state index in [9.17, 15) is 20.1 Å². The Morgan fingerprint density at radius 2 is 1.62 bits per heavy atom. The van der Waals surface area contributed by atoms with Gasteiger partial charge in [-0.05, 0) is 29.5 Å². The molecule has 0 heterocycles. The molecule has 0 bridgehead atoms. The van der Waals surface area contributed by atoms with Crippen LogP contribution in [0.1, 0.15) is 5.56 Å². The van der Waals surface area contributed by atoms with E-state index < -0.39 is 5.78 Å². The highest BCUT2D eigenvalue weighted by Gasteiger charge is 2.37. The maximum Gasteiger partial charge on any atom is 0.202 e. The highest BCUT2D eigenvalue weighted by atomic mass is 16.3. The lowest BCUT2D eigenvalue weighted by atomic mass is 9.81. The summed E-state index contributed by atoms with van der Waals surface area (Å²) in [5.74, 6) is -0.872. The number of anilines is 1. The van der Waals surface area contributed by atoms with Crippen molar-refractivity contribution in [2.45, 2.75) is 0 Å². The number of Topliss-reactive ketones (excluding diaryl/α,β-unsaturated/α-hetero) is 1. The highest BCUT2D eigenvalue weighted by Crippen LogP contribution is 2.41. The number of allylic oxidation sites excluding steroid dienone is 2. The van der Waals surface area contributed by atoms with Gasteiger partial charge in [0.25, 0.3) is 0 Å². The molecule has 0 saturated carbocycles. The second kappa shape index (κ2) is 5.45. The van der Waals surface area contributed by atoms with Crippen LogP contribution in [0.3, 0.4) is 0 Å². The fraction of sp³-hybridized carbons (Fsp3) is 0.105. The van der Waals surface area contributed by atoms with E-state index in [1.807, 2.05) is 19.0 Å². The van der Waals surface area contributed by atoms with Crippen molar-refractivity contribution in [3.05, 3.63) is 58.2 Å². The molecule has 0 saturated heterocycles. The number of phenolic OH excluding ortho intramolecular Hbond substituents is 2. The number of carbonyl (C=O) groups excluding carboxylic acids is 1. The zero-order valence-electron chi connectivity index (χ0n) is 13.4.